The molecule has 2 heterocycles. The van der Waals surface area contributed by atoms with Crippen LogP contribution < -0.4 is 10.6 Å². The van der Waals surface area contributed by atoms with Crippen molar-refractivity contribution in [1.29, 1.82) is 0 Å². The number of rotatable bonds is 6. The topological polar surface area (TPSA) is 76.0 Å². The third kappa shape index (κ3) is 4.81. The van der Waals surface area contributed by atoms with E-state index >= 15 is 0 Å². The van der Waals surface area contributed by atoms with Gasteiger partial charge in [0.15, 0.2) is 0 Å². The molecule has 2 aromatic heterocycles. The van der Waals surface area contributed by atoms with Crippen molar-refractivity contribution in [3.05, 3.63) is 68.6 Å². The van der Waals surface area contributed by atoms with Crippen LogP contribution in [0.25, 0.3) is 5.69 Å². The minimum Gasteiger partial charge on any atom is -0.350 e. The minimum absolute atomic E-state index is 0.150. The summed E-state index contributed by atoms with van der Waals surface area (Å²) in [6.07, 6.45) is 3.29. The number of carbonyl (C=O) groups is 2. The molecule has 0 radical (unpaired) electrons. The normalized spacial score (nSPS) is 10.6. The molecular formula is C18H16BrFN4O2S. The van der Waals surface area contributed by atoms with Crippen LogP contribution in [0.1, 0.15) is 21.1 Å². The van der Waals surface area contributed by atoms with Crippen LogP contribution >= 0.6 is 27.3 Å². The Bertz CT molecular complexity index is 985. The van der Waals surface area contributed by atoms with Crippen LogP contribution in [-0.2, 0) is 11.3 Å². The fraction of sp³-hybridized carbons (Fsp3) is 0.167. The van der Waals surface area contributed by atoms with Crippen molar-refractivity contribution in [2.75, 3.05) is 6.54 Å². The first kappa shape index (κ1) is 19.2. The summed E-state index contributed by atoms with van der Waals surface area (Å²) < 4.78 is 16.8. The standard InChI is InChI=1S/C18H16BrFN4O2S/c1-11-21-6-7-24(11)14-3-2-12(8-13(14)20)9-22-17(25)10-23-18(26)15-4-5-16(19)27-15/h2-8H,9-10H2,1H3,(H,22,25)(H,23,26). The molecular weight excluding hydrogens is 435 g/mol. The van der Waals surface area contributed by atoms with Crippen molar-refractivity contribution in [3.63, 3.8) is 0 Å². The predicted molar refractivity (Wildman–Crippen MR) is 104 cm³/mol. The van der Waals surface area contributed by atoms with Gasteiger partial charge in [0.1, 0.15) is 11.6 Å². The molecule has 0 atom stereocenters. The summed E-state index contributed by atoms with van der Waals surface area (Å²) in [6, 6.07) is 8.19. The van der Waals surface area contributed by atoms with Crippen molar-refractivity contribution in [3.8, 4) is 5.69 Å². The number of nitrogens with zero attached hydrogens (tertiary/aromatic N) is 2. The van der Waals surface area contributed by atoms with E-state index in [1.807, 2.05) is 0 Å². The fourth-order valence-corrected chi connectivity index (χ4v) is 3.74. The molecule has 3 aromatic rings. The molecule has 2 N–H and O–H groups in total. The summed E-state index contributed by atoms with van der Waals surface area (Å²) in [4.78, 5) is 28.4. The number of benzene rings is 1. The van der Waals surface area contributed by atoms with Gasteiger partial charge in [-0.1, -0.05) is 6.07 Å². The molecule has 0 saturated heterocycles. The Labute approximate surface area is 167 Å². The summed E-state index contributed by atoms with van der Waals surface area (Å²) in [5.41, 5.74) is 1.02. The Morgan fingerprint density at radius 2 is 2.07 bits per heavy atom. The fourth-order valence-electron chi connectivity index (χ4n) is 2.44. The quantitative estimate of drug-likeness (QED) is 0.605. The SMILES string of the molecule is Cc1nccn1-c1ccc(CNC(=O)CNC(=O)c2ccc(Br)s2)cc1F. The molecule has 0 aliphatic carbocycles. The van der Waals surface area contributed by atoms with Crippen LogP contribution in [0.3, 0.4) is 0 Å². The number of imidazole rings is 1. The zero-order valence-corrected chi connectivity index (χ0v) is 16.7. The monoisotopic (exact) mass is 450 g/mol. The average molecular weight is 451 g/mol. The van der Waals surface area contributed by atoms with Crippen LogP contribution in [0, 0.1) is 12.7 Å². The van der Waals surface area contributed by atoms with E-state index in [0.717, 1.165) is 3.79 Å². The lowest BCUT2D eigenvalue weighted by atomic mass is 10.2. The van der Waals surface area contributed by atoms with E-state index in [2.05, 4.69) is 31.5 Å². The van der Waals surface area contributed by atoms with Crippen LogP contribution in [0.5, 0.6) is 0 Å². The number of hydrogen-bond donors (Lipinski definition) is 2. The summed E-state index contributed by atoms with van der Waals surface area (Å²) in [5, 5.41) is 5.21. The van der Waals surface area contributed by atoms with Gasteiger partial charge in [-0.15, -0.1) is 11.3 Å². The highest BCUT2D eigenvalue weighted by Gasteiger charge is 2.11. The number of thiophene rings is 1. The number of aromatic nitrogens is 2. The lowest BCUT2D eigenvalue weighted by Gasteiger charge is -2.10. The zero-order valence-electron chi connectivity index (χ0n) is 14.3. The molecule has 0 bridgehead atoms. The first-order valence-corrected chi connectivity index (χ1v) is 9.64. The molecule has 0 spiro atoms. The summed E-state index contributed by atoms with van der Waals surface area (Å²) in [5.74, 6) is -0.385. The van der Waals surface area contributed by atoms with Gasteiger partial charge in [0.2, 0.25) is 5.91 Å². The molecule has 0 saturated carbocycles. The van der Waals surface area contributed by atoms with Crippen LogP contribution in [0.4, 0.5) is 4.39 Å². The Morgan fingerprint density at radius 1 is 1.26 bits per heavy atom. The molecule has 3 rings (SSSR count). The van der Waals surface area contributed by atoms with E-state index in [-0.39, 0.29) is 24.9 Å². The number of amides is 2. The van der Waals surface area contributed by atoms with Crippen LogP contribution in [0.2, 0.25) is 0 Å². The highest BCUT2D eigenvalue weighted by atomic mass is 79.9. The van der Waals surface area contributed by atoms with E-state index in [1.165, 1.54) is 17.4 Å². The Morgan fingerprint density at radius 3 is 2.70 bits per heavy atom. The Balaban J connectivity index is 1.52. The third-order valence-corrected chi connectivity index (χ3v) is 5.42. The molecule has 0 aliphatic heterocycles. The smallest absolute Gasteiger partial charge is 0.261 e. The molecule has 140 valence electrons. The van der Waals surface area contributed by atoms with Crippen molar-refractivity contribution in [2.45, 2.75) is 13.5 Å². The third-order valence-electron chi connectivity index (χ3n) is 3.79. The molecule has 0 fully saturated rings. The van der Waals surface area contributed by atoms with Gasteiger partial charge in [-0.05, 0) is 52.7 Å². The molecule has 0 unspecified atom stereocenters. The van der Waals surface area contributed by atoms with Crippen LogP contribution in [-0.4, -0.2) is 27.9 Å². The molecule has 27 heavy (non-hydrogen) atoms. The maximum atomic E-state index is 14.3. The number of nitrogens with one attached hydrogen (secondary N) is 2. The second kappa shape index (κ2) is 8.45. The molecule has 9 heteroatoms. The number of hydrogen-bond acceptors (Lipinski definition) is 4. The first-order chi connectivity index (χ1) is 12.9. The van der Waals surface area contributed by atoms with Crippen molar-refractivity contribution in [2.24, 2.45) is 0 Å². The van der Waals surface area contributed by atoms with E-state index in [1.54, 1.807) is 48.1 Å². The minimum atomic E-state index is -0.403. The first-order valence-electron chi connectivity index (χ1n) is 8.03. The largest absolute Gasteiger partial charge is 0.350 e. The van der Waals surface area contributed by atoms with Crippen molar-refractivity contribution >= 4 is 39.1 Å². The Kier molecular flexibility index (Phi) is 6.02. The number of halogens is 2. The Hall–Kier alpha value is -2.52. The maximum absolute atomic E-state index is 14.3. The maximum Gasteiger partial charge on any atom is 0.261 e. The number of aryl methyl sites for hydroxylation is 1. The van der Waals surface area contributed by atoms with E-state index in [9.17, 15) is 14.0 Å². The predicted octanol–water partition coefficient (Wildman–Crippen LogP) is 3.19. The van der Waals surface area contributed by atoms with E-state index in [4.69, 9.17) is 0 Å². The zero-order chi connectivity index (χ0) is 19.4. The van der Waals surface area contributed by atoms with Gasteiger partial charge in [0.05, 0.1) is 20.9 Å². The second-order valence-electron chi connectivity index (χ2n) is 5.69. The lowest BCUT2D eigenvalue weighted by molar-refractivity contribution is -0.120. The number of carbonyl (C=O) groups excluding carboxylic acids is 2. The van der Waals surface area contributed by atoms with Crippen LogP contribution in [0.15, 0.2) is 46.5 Å². The average Bonchev–Trinajstić information content (AvgIpc) is 3.26. The lowest BCUT2D eigenvalue weighted by Crippen LogP contribution is -2.36. The van der Waals surface area contributed by atoms with E-state index < -0.39 is 5.82 Å². The molecule has 1 aromatic carbocycles. The molecule has 6 nitrogen and oxygen atoms in total. The summed E-state index contributed by atoms with van der Waals surface area (Å²) in [7, 11) is 0. The summed E-state index contributed by atoms with van der Waals surface area (Å²) >= 11 is 4.57. The van der Waals surface area contributed by atoms with Gasteiger partial charge in [-0.2, -0.15) is 0 Å². The van der Waals surface area contributed by atoms with Gasteiger partial charge in [-0.25, -0.2) is 9.37 Å². The molecule has 2 amide bonds. The van der Waals surface area contributed by atoms with Crippen molar-refractivity contribution in [1.82, 2.24) is 20.2 Å². The molecule has 0 aliphatic rings. The second-order valence-corrected chi connectivity index (χ2v) is 8.16. The van der Waals surface area contributed by atoms with Gasteiger partial charge >= 0.3 is 0 Å². The van der Waals surface area contributed by atoms with Gasteiger partial charge in [-0.3, -0.25) is 9.59 Å². The van der Waals surface area contributed by atoms with Gasteiger partial charge in [0.25, 0.3) is 5.91 Å². The highest BCUT2D eigenvalue weighted by molar-refractivity contribution is 9.11. The highest BCUT2D eigenvalue weighted by Crippen LogP contribution is 2.21. The van der Waals surface area contributed by atoms with E-state index in [0.29, 0.717) is 22.0 Å². The summed E-state index contributed by atoms with van der Waals surface area (Å²) in [6.45, 7) is 1.80. The van der Waals surface area contributed by atoms with Crippen molar-refractivity contribution < 1.29 is 14.0 Å². The van der Waals surface area contributed by atoms with Gasteiger partial charge < -0.3 is 15.2 Å². The van der Waals surface area contributed by atoms with Gasteiger partial charge in [0, 0.05) is 18.9 Å².